The molecule has 0 aromatic rings. The van der Waals surface area contributed by atoms with E-state index in [-0.39, 0.29) is 11.8 Å². The van der Waals surface area contributed by atoms with E-state index < -0.39 is 0 Å². The largest absolute Gasteiger partial charge is 0.289 e. The lowest BCUT2D eigenvalue weighted by molar-refractivity contribution is -0.133. The maximum Gasteiger partial charge on any atom is 0.246 e. The highest BCUT2D eigenvalue weighted by atomic mass is 16.5. The van der Waals surface area contributed by atoms with Crippen molar-refractivity contribution in [3.63, 3.8) is 0 Å². The Labute approximate surface area is 66.7 Å². The Morgan fingerprint density at radius 1 is 1.18 bits per heavy atom. The average molecular weight is 157 g/mol. The third-order valence-corrected chi connectivity index (χ3v) is 2.34. The highest BCUT2D eigenvalue weighted by molar-refractivity contribution is 5.77. The highest BCUT2D eigenvalue weighted by Gasteiger charge is 2.18. The minimum absolute atomic E-state index is 0.0579. The molecule has 0 heterocycles. The Morgan fingerprint density at radius 3 is 2.18 bits per heavy atom. The van der Waals surface area contributed by atoms with Gasteiger partial charge < -0.3 is 0 Å². The van der Waals surface area contributed by atoms with Gasteiger partial charge >= 0.3 is 0 Å². The smallest absolute Gasteiger partial charge is 0.246 e. The Morgan fingerprint density at radius 2 is 1.73 bits per heavy atom. The molecule has 1 fully saturated rings. The van der Waals surface area contributed by atoms with Gasteiger partial charge in [0.2, 0.25) is 5.91 Å². The molecule has 0 spiro atoms. The Hall–Kier alpha value is -0.570. The van der Waals surface area contributed by atoms with Gasteiger partial charge in [-0.05, 0) is 12.8 Å². The van der Waals surface area contributed by atoms with Crippen LogP contribution in [0.4, 0.5) is 0 Å². The van der Waals surface area contributed by atoms with Crippen molar-refractivity contribution in [1.29, 1.82) is 0 Å². The molecule has 0 radical (unpaired) electrons. The van der Waals surface area contributed by atoms with E-state index in [4.69, 9.17) is 5.21 Å². The monoisotopic (exact) mass is 157 g/mol. The third kappa shape index (κ3) is 2.50. The number of carbonyl (C=O) groups is 1. The average Bonchev–Trinajstić information content (AvgIpc) is 2.30. The number of hydrogen-bond acceptors (Lipinski definition) is 2. The van der Waals surface area contributed by atoms with Gasteiger partial charge in [-0.2, -0.15) is 0 Å². The Balaban J connectivity index is 2.36. The molecule has 1 aliphatic rings. The van der Waals surface area contributed by atoms with Crippen LogP contribution in [0.5, 0.6) is 0 Å². The van der Waals surface area contributed by atoms with Crippen molar-refractivity contribution in [2.24, 2.45) is 5.92 Å². The zero-order chi connectivity index (χ0) is 8.10. The normalized spacial score (nSPS) is 20.8. The summed E-state index contributed by atoms with van der Waals surface area (Å²) in [4.78, 5) is 11.0. The van der Waals surface area contributed by atoms with E-state index in [1.165, 1.54) is 12.8 Å². The lowest BCUT2D eigenvalue weighted by Crippen LogP contribution is -2.27. The zero-order valence-corrected chi connectivity index (χ0v) is 6.68. The molecule has 64 valence electrons. The van der Waals surface area contributed by atoms with Gasteiger partial charge in [0, 0.05) is 5.92 Å². The fraction of sp³-hybridized carbons (Fsp3) is 0.875. The summed E-state index contributed by atoms with van der Waals surface area (Å²) in [5.41, 5.74) is 1.72. The molecule has 0 aliphatic heterocycles. The van der Waals surface area contributed by atoms with Gasteiger partial charge in [-0.3, -0.25) is 10.0 Å². The number of hydroxylamine groups is 1. The summed E-state index contributed by atoms with van der Waals surface area (Å²) in [5.74, 6) is -0.144. The minimum atomic E-state index is -0.202. The van der Waals surface area contributed by atoms with E-state index in [1.807, 2.05) is 0 Å². The molecule has 0 aromatic carbocycles. The summed E-state index contributed by atoms with van der Waals surface area (Å²) in [6, 6.07) is 0. The number of carbonyl (C=O) groups excluding carboxylic acids is 1. The van der Waals surface area contributed by atoms with Crippen LogP contribution in [0.3, 0.4) is 0 Å². The molecule has 1 aliphatic carbocycles. The molecule has 2 N–H and O–H groups in total. The molecule has 1 saturated carbocycles. The van der Waals surface area contributed by atoms with E-state index in [0.717, 1.165) is 25.7 Å². The standard InChI is InChI=1S/C8H15NO2/c10-8(9-11)7-5-3-1-2-4-6-7/h7,11H,1-6H2,(H,9,10). The predicted octanol–water partition coefficient (Wildman–Crippen LogP) is 1.46. The van der Waals surface area contributed by atoms with Gasteiger partial charge in [-0.1, -0.05) is 25.7 Å². The first-order chi connectivity index (χ1) is 5.34. The first-order valence-corrected chi connectivity index (χ1v) is 4.28. The van der Waals surface area contributed by atoms with Crippen LogP contribution >= 0.6 is 0 Å². The van der Waals surface area contributed by atoms with Crippen LogP contribution in [0.15, 0.2) is 0 Å². The van der Waals surface area contributed by atoms with Crippen molar-refractivity contribution >= 4 is 5.91 Å². The zero-order valence-electron chi connectivity index (χ0n) is 6.68. The molecule has 11 heavy (non-hydrogen) atoms. The lowest BCUT2D eigenvalue weighted by atomic mass is 10.0. The third-order valence-electron chi connectivity index (χ3n) is 2.34. The van der Waals surface area contributed by atoms with Gasteiger partial charge in [0.15, 0.2) is 0 Å². The number of rotatable bonds is 1. The van der Waals surface area contributed by atoms with Crippen molar-refractivity contribution < 1.29 is 10.0 Å². The highest BCUT2D eigenvalue weighted by Crippen LogP contribution is 2.22. The van der Waals surface area contributed by atoms with Crippen LogP contribution in [0.1, 0.15) is 38.5 Å². The quantitative estimate of drug-likeness (QED) is 0.344. The summed E-state index contributed by atoms with van der Waals surface area (Å²) < 4.78 is 0. The number of amides is 1. The molecule has 1 amide bonds. The second kappa shape index (κ2) is 4.34. The van der Waals surface area contributed by atoms with E-state index in [1.54, 1.807) is 5.48 Å². The summed E-state index contributed by atoms with van der Waals surface area (Å²) >= 11 is 0. The van der Waals surface area contributed by atoms with Crippen molar-refractivity contribution in [3.8, 4) is 0 Å². The molecule has 0 bridgehead atoms. The SMILES string of the molecule is O=C(NO)C1CCCCCC1. The molecule has 3 heteroatoms. The Kier molecular flexibility index (Phi) is 3.36. The molecule has 0 saturated heterocycles. The first kappa shape index (κ1) is 8.53. The fourth-order valence-electron chi connectivity index (χ4n) is 1.63. The van der Waals surface area contributed by atoms with Crippen LogP contribution in [0.25, 0.3) is 0 Å². The summed E-state index contributed by atoms with van der Waals surface area (Å²) in [7, 11) is 0. The van der Waals surface area contributed by atoms with Crippen molar-refractivity contribution in [1.82, 2.24) is 5.48 Å². The van der Waals surface area contributed by atoms with Crippen LogP contribution in [0, 0.1) is 5.92 Å². The second-order valence-electron chi connectivity index (χ2n) is 3.16. The fourth-order valence-corrected chi connectivity index (χ4v) is 1.63. The topological polar surface area (TPSA) is 49.3 Å². The maximum absolute atomic E-state index is 11.0. The van der Waals surface area contributed by atoms with Crippen LogP contribution < -0.4 is 5.48 Å². The number of nitrogens with one attached hydrogen (secondary N) is 1. The van der Waals surface area contributed by atoms with Gasteiger partial charge in [-0.15, -0.1) is 0 Å². The molecule has 0 unspecified atom stereocenters. The van der Waals surface area contributed by atoms with Crippen molar-refractivity contribution in [2.45, 2.75) is 38.5 Å². The van der Waals surface area contributed by atoms with Crippen LogP contribution in [-0.4, -0.2) is 11.1 Å². The predicted molar refractivity (Wildman–Crippen MR) is 41.1 cm³/mol. The Bertz CT molecular complexity index is 128. The van der Waals surface area contributed by atoms with Gasteiger partial charge in [-0.25, -0.2) is 5.48 Å². The van der Waals surface area contributed by atoms with Gasteiger partial charge in [0.25, 0.3) is 0 Å². The van der Waals surface area contributed by atoms with E-state index in [2.05, 4.69) is 0 Å². The lowest BCUT2D eigenvalue weighted by Gasteiger charge is -2.09. The summed E-state index contributed by atoms with van der Waals surface area (Å²) in [6.07, 6.45) is 6.58. The van der Waals surface area contributed by atoms with E-state index in [0.29, 0.717) is 0 Å². The molecular formula is C8H15NO2. The van der Waals surface area contributed by atoms with Crippen LogP contribution in [-0.2, 0) is 4.79 Å². The van der Waals surface area contributed by atoms with Gasteiger partial charge in [0.05, 0.1) is 0 Å². The van der Waals surface area contributed by atoms with Crippen molar-refractivity contribution in [2.75, 3.05) is 0 Å². The first-order valence-electron chi connectivity index (χ1n) is 4.28. The van der Waals surface area contributed by atoms with E-state index in [9.17, 15) is 4.79 Å². The molecule has 0 aromatic heterocycles. The molecule has 1 rings (SSSR count). The summed E-state index contributed by atoms with van der Waals surface area (Å²) in [6.45, 7) is 0. The molecule has 3 nitrogen and oxygen atoms in total. The van der Waals surface area contributed by atoms with Crippen LogP contribution in [0.2, 0.25) is 0 Å². The van der Waals surface area contributed by atoms with Crippen molar-refractivity contribution in [3.05, 3.63) is 0 Å². The van der Waals surface area contributed by atoms with E-state index >= 15 is 0 Å². The summed E-state index contributed by atoms with van der Waals surface area (Å²) in [5, 5.41) is 8.38. The second-order valence-corrected chi connectivity index (χ2v) is 3.16. The minimum Gasteiger partial charge on any atom is -0.289 e. The van der Waals surface area contributed by atoms with Gasteiger partial charge in [0.1, 0.15) is 0 Å². The number of hydrogen-bond donors (Lipinski definition) is 2. The molecular weight excluding hydrogens is 142 g/mol. The molecule has 0 atom stereocenters. The maximum atomic E-state index is 11.0.